The third kappa shape index (κ3) is 66.8. The van der Waals surface area contributed by atoms with E-state index in [1.807, 2.05) is 21.1 Å². The number of rotatable bonds is 59. The Morgan fingerprint density at radius 2 is 0.643 bits per heavy atom. The van der Waals surface area contributed by atoms with E-state index in [0.717, 1.165) is 141 Å². The zero-order valence-electron chi connectivity index (χ0n) is 54.0. The maximum absolute atomic E-state index is 12.9. The van der Waals surface area contributed by atoms with Crippen LogP contribution in [0.3, 0.4) is 0 Å². The summed E-state index contributed by atoms with van der Waals surface area (Å²) in [7, 11) is 1.14. The first kappa shape index (κ1) is 79.6. The molecule has 0 rings (SSSR count). The highest BCUT2D eigenvalue weighted by atomic mass is 31.2. The normalized spacial score (nSPS) is 14.2. The molecule has 0 radical (unpaired) electrons. The van der Waals surface area contributed by atoms with Gasteiger partial charge in [0.1, 0.15) is 19.8 Å². The quantitative estimate of drug-likeness (QED) is 0.0195. The number of carbonyl (C=O) groups excluding carboxylic acids is 2. The molecule has 0 amide bonds. The van der Waals surface area contributed by atoms with E-state index in [-0.39, 0.29) is 26.1 Å². The molecule has 0 N–H and O–H groups in total. The third-order valence-corrected chi connectivity index (χ3v) is 14.5. The number of hydrogen-bond donors (Lipinski definition) is 0. The summed E-state index contributed by atoms with van der Waals surface area (Å²) >= 11 is 0. The molecule has 0 aromatic rings. The van der Waals surface area contributed by atoms with Gasteiger partial charge in [0.15, 0.2) is 6.10 Å². The van der Waals surface area contributed by atoms with Crippen molar-refractivity contribution in [3.05, 3.63) is 158 Å². The zero-order valence-corrected chi connectivity index (χ0v) is 54.9. The summed E-state index contributed by atoms with van der Waals surface area (Å²) in [5.74, 6) is -0.855. The molecule has 0 aliphatic carbocycles. The molecule has 0 bridgehead atoms. The van der Waals surface area contributed by atoms with Crippen molar-refractivity contribution in [2.75, 3.05) is 47.5 Å². The number of hydrogen-bond acceptors (Lipinski definition) is 8. The van der Waals surface area contributed by atoms with E-state index in [0.29, 0.717) is 17.4 Å². The maximum atomic E-state index is 12.9. The molecule has 84 heavy (non-hydrogen) atoms. The largest absolute Gasteiger partial charge is 0.756 e. The Hall–Kier alpha value is -4.37. The van der Waals surface area contributed by atoms with E-state index in [1.165, 1.54) is 70.6 Å². The molecule has 0 heterocycles. The van der Waals surface area contributed by atoms with Crippen LogP contribution in [0.4, 0.5) is 0 Å². The van der Waals surface area contributed by atoms with Gasteiger partial charge >= 0.3 is 11.9 Å². The highest BCUT2D eigenvalue weighted by Gasteiger charge is 2.22. The maximum Gasteiger partial charge on any atom is 0.306 e. The van der Waals surface area contributed by atoms with Crippen molar-refractivity contribution in [2.24, 2.45) is 0 Å². The topological polar surface area (TPSA) is 111 Å². The van der Waals surface area contributed by atoms with Crippen LogP contribution < -0.4 is 4.89 Å². The van der Waals surface area contributed by atoms with Crippen LogP contribution in [-0.2, 0) is 32.7 Å². The smallest absolute Gasteiger partial charge is 0.306 e. The number of allylic oxidation sites excluding steroid dienone is 26. The first-order valence-corrected chi connectivity index (χ1v) is 34.7. The average Bonchev–Trinajstić information content (AvgIpc) is 3.61. The van der Waals surface area contributed by atoms with Gasteiger partial charge in [-0.25, -0.2) is 0 Å². The van der Waals surface area contributed by atoms with Crippen molar-refractivity contribution in [3.63, 3.8) is 0 Å². The van der Waals surface area contributed by atoms with Gasteiger partial charge in [0.05, 0.1) is 27.7 Å². The first-order chi connectivity index (χ1) is 41.0. The molecule has 0 aliphatic rings. The van der Waals surface area contributed by atoms with Gasteiger partial charge in [0.25, 0.3) is 7.82 Å². The lowest BCUT2D eigenvalue weighted by molar-refractivity contribution is -0.870. The minimum Gasteiger partial charge on any atom is -0.756 e. The Morgan fingerprint density at radius 3 is 0.952 bits per heavy atom. The van der Waals surface area contributed by atoms with E-state index in [1.54, 1.807) is 0 Å². The van der Waals surface area contributed by atoms with Crippen molar-refractivity contribution >= 4 is 19.8 Å². The van der Waals surface area contributed by atoms with Gasteiger partial charge < -0.3 is 27.9 Å². The van der Waals surface area contributed by atoms with Crippen LogP contribution >= 0.6 is 7.82 Å². The second kappa shape index (κ2) is 63.1. The number of nitrogens with zero attached hydrogens (tertiary/aromatic N) is 1. The van der Waals surface area contributed by atoms with Crippen LogP contribution in [0.1, 0.15) is 245 Å². The Balaban J connectivity index is 4.17. The van der Waals surface area contributed by atoms with Crippen molar-refractivity contribution in [1.82, 2.24) is 0 Å². The molecule has 10 heteroatoms. The van der Waals surface area contributed by atoms with Gasteiger partial charge in [-0.05, 0) is 122 Å². The fraction of sp³-hybridized carbons (Fsp3) is 0.622. The number of phosphoric acid groups is 1. The van der Waals surface area contributed by atoms with Crippen LogP contribution in [-0.4, -0.2) is 70.0 Å². The number of ether oxygens (including phenoxy) is 2. The van der Waals surface area contributed by atoms with Crippen molar-refractivity contribution in [1.29, 1.82) is 0 Å². The number of quaternary nitrogens is 1. The molecule has 0 saturated carbocycles. The molecule has 0 spiro atoms. The Labute approximate surface area is 516 Å². The van der Waals surface area contributed by atoms with Gasteiger partial charge in [-0.1, -0.05) is 268 Å². The Morgan fingerprint density at radius 1 is 0.369 bits per heavy atom. The number of carbonyl (C=O) groups is 2. The Kier molecular flexibility index (Phi) is 59.9. The SMILES string of the molecule is CC/C=C\C/C=C\C/C=C\C/C=C\C/C=C\C/C=C\C/C=C\C/C=C\CCCCCCCCCCC(=O)OC(COC(=O)CCCCCCCCCCCCC/C=C\C/C=C\C/C=C\C/C=C\C/C=C\CC)COP(=O)([O-])OCC[N+](C)(C)C. The van der Waals surface area contributed by atoms with E-state index in [4.69, 9.17) is 18.5 Å². The van der Waals surface area contributed by atoms with Gasteiger partial charge in [0, 0.05) is 12.8 Å². The number of unbranched alkanes of at least 4 members (excludes halogenated alkanes) is 19. The molecule has 0 saturated heterocycles. The molecule has 476 valence electrons. The summed E-state index contributed by atoms with van der Waals surface area (Å²) in [4.78, 5) is 38.0. The van der Waals surface area contributed by atoms with Crippen molar-refractivity contribution in [3.8, 4) is 0 Å². The molecule has 0 aliphatic heterocycles. The van der Waals surface area contributed by atoms with Crippen LogP contribution in [0.25, 0.3) is 0 Å². The minimum atomic E-state index is -4.66. The molecular formula is C74H122NO8P. The van der Waals surface area contributed by atoms with E-state index in [9.17, 15) is 19.0 Å². The first-order valence-electron chi connectivity index (χ1n) is 33.2. The van der Waals surface area contributed by atoms with Crippen LogP contribution in [0.2, 0.25) is 0 Å². The highest BCUT2D eigenvalue weighted by molar-refractivity contribution is 7.45. The predicted molar refractivity (Wildman–Crippen MR) is 360 cm³/mol. The molecule has 2 atom stereocenters. The van der Waals surface area contributed by atoms with Crippen LogP contribution in [0, 0.1) is 0 Å². The lowest BCUT2D eigenvalue weighted by Gasteiger charge is -2.28. The molecular weight excluding hydrogens is 1060 g/mol. The minimum absolute atomic E-state index is 0.0414. The monoisotopic (exact) mass is 1180 g/mol. The van der Waals surface area contributed by atoms with Crippen LogP contribution in [0.15, 0.2) is 158 Å². The van der Waals surface area contributed by atoms with Gasteiger partial charge in [-0.2, -0.15) is 0 Å². The second-order valence-corrected chi connectivity index (χ2v) is 24.1. The predicted octanol–water partition coefficient (Wildman–Crippen LogP) is 21.0. The number of likely N-dealkylation sites (N-methyl/N-ethyl adjacent to an activating group) is 1. The summed E-state index contributed by atoms with van der Waals surface area (Å²) in [6.45, 7) is 3.99. The summed E-state index contributed by atoms with van der Waals surface area (Å²) < 4.78 is 34.3. The van der Waals surface area contributed by atoms with E-state index < -0.39 is 32.5 Å². The number of esters is 2. The summed E-state index contributed by atoms with van der Waals surface area (Å²) in [6, 6.07) is 0. The summed E-state index contributed by atoms with van der Waals surface area (Å²) in [5.41, 5.74) is 0. The lowest BCUT2D eigenvalue weighted by atomic mass is 10.0. The van der Waals surface area contributed by atoms with Crippen molar-refractivity contribution < 1.29 is 42.1 Å². The summed E-state index contributed by atoms with van der Waals surface area (Å²) in [6.07, 6.45) is 94.4. The number of phosphoric ester groups is 1. The van der Waals surface area contributed by atoms with E-state index >= 15 is 0 Å². The average molecular weight is 1180 g/mol. The fourth-order valence-corrected chi connectivity index (χ4v) is 9.25. The molecule has 2 unspecified atom stereocenters. The zero-order chi connectivity index (χ0) is 61.2. The van der Waals surface area contributed by atoms with E-state index in [2.05, 4.69) is 172 Å². The lowest BCUT2D eigenvalue weighted by Crippen LogP contribution is -2.37. The third-order valence-electron chi connectivity index (χ3n) is 13.5. The second-order valence-electron chi connectivity index (χ2n) is 22.7. The Bertz CT molecular complexity index is 1970. The molecule has 0 aromatic heterocycles. The molecule has 0 fully saturated rings. The summed E-state index contributed by atoms with van der Waals surface area (Å²) in [5, 5.41) is 0. The molecule has 9 nitrogen and oxygen atoms in total. The van der Waals surface area contributed by atoms with Crippen LogP contribution in [0.5, 0.6) is 0 Å². The fourth-order valence-electron chi connectivity index (χ4n) is 8.52. The molecule has 0 aromatic carbocycles. The standard InChI is InChI=1S/C74H122NO8P/c1-6-8-10-12-14-16-18-20-22-24-26-28-30-32-34-35-36-37-38-39-41-43-45-47-49-51-53-55-57-59-61-63-65-67-74(77)83-72(71-82-84(78,79)81-69-68-75(3,4)5)70-80-73(76)66-64-62-60-58-56-54-52-50-48-46-44-42-40-33-31-29-27-25-23-21-19-17-15-13-11-9-7-2/h8-11,14-17,20-23,26-29,32-34,36-37,39-41,45,47,72H,6-7,12-13,18-19,24-25,30-31,35,38,42-44,46,48-71H2,1-5H3/b10-8-,11-9-,16-14-,17-15-,22-20-,23-21-,28-26-,29-27-,34-32-,37-36-,40-33-,41-39-,47-45-. The van der Waals surface area contributed by atoms with Gasteiger partial charge in [-0.15, -0.1) is 0 Å². The van der Waals surface area contributed by atoms with Gasteiger partial charge in [-0.3, -0.25) is 14.2 Å². The van der Waals surface area contributed by atoms with Crippen molar-refractivity contribution in [2.45, 2.75) is 251 Å². The highest BCUT2D eigenvalue weighted by Crippen LogP contribution is 2.38. The van der Waals surface area contributed by atoms with Gasteiger partial charge in [0.2, 0.25) is 0 Å².